The van der Waals surface area contributed by atoms with E-state index in [0.717, 1.165) is 22.5 Å². The number of anilines is 1. The lowest BCUT2D eigenvalue weighted by molar-refractivity contribution is 0.0955. The van der Waals surface area contributed by atoms with E-state index in [2.05, 4.69) is 32.6 Å². The summed E-state index contributed by atoms with van der Waals surface area (Å²) in [6, 6.07) is 15.1. The van der Waals surface area contributed by atoms with E-state index >= 15 is 0 Å². The lowest BCUT2D eigenvalue weighted by Crippen LogP contribution is -2.29. The minimum Gasteiger partial charge on any atom is -0.368 e. The molecule has 0 unspecified atom stereocenters. The van der Waals surface area contributed by atoms with Gasteiger partial charge >= 0.3 is 0 Å². The monoisotopic (exact) mass is 434 g/mol. The predicted molar refractivity (Wildman–Crippen MR) is 123 cm³/mol. The average Bonchev–Trinajstić information content (AvgIpc) is 3.21. The summed E-state index contributed by atoms with van der Waals surface area (Å²) in [4.78, 5) is 21.6. The van der Waals surface area contributed by atoms with Crippen molar-refractivity contribution in [1.82, 2.24) is 25.1 Å². The molecule has 4 aromatic rings. The highest BCUT2D eigenvalue weighted by molar-refractivity contribution is 6.33. The maximum atomic E-state index is 12.3. The Morgan fingerprint density at radius 3 is 2.58 bits per heavy atom. The van der Waals surface area contributed by atoms with Crippen molar-refractivity contribution < 1.29 is 4.79 Å². The number of nitrogens with zero attached hydrogens (tertiary/aromatic N) is 4. The van der Waals surface area contributed by atoms with Crippen LogP contribution >= 0.6 is 11.6 Å². The summed E-state index contributed by atoms with van der Waals surface area (Å²) in [6.45, 7) is 4.99. The third-order valence-corrected chi connectivity index (χ3v) is 5.22. The van der Waals surface area contributed by atoms with Gasteiger partial charge in [-0.05, 0) is 31.2 Å². The van der Waals surface area contributed by atoms with Gasteiger partial charge in [0.05, 0.1) is 27.9 Å². The van der Waals surface area contributed by atoms with Crippen molar-refractivity contribution >= 4 is 34.4 Å². The first-order valence-corrected chi connectivity index (χ1v) is 10.5. The van der Waals surface area contributed by atoms with E-state index in [-0.39, 0.29) is 5.91 Å². The van der Waals surface area contributed by atoms with Gasteiger partial charge in [0.2, 0.25) is 0 Å². The first-order chi connectivity index (χ1) is 15.1. The predicted octanol–water partition coefficient (Wildman–Crippen LogP) is 4.18. The normalized spacial score (nSPS) is 10.9. The second-order valence-electron chi connectivity index (χ2n) is 7.13. The zero-order valence-corrected chi connectivity index (χ0v) is 18.1. The molecule has 31 heavy (non-hydrogen) atoms. The van der Waals surface area contributed by atoms with Crippen molar-refractivity contribution in [1.29, 1.82) is 0 Å². The smallest absolute Gasteiger partial charge is 0.252 e. The summed E-state index contributed by atoms with van der Waals surface area (Å²) in [7, 11) is 0. The summed E-state index contributed by atoms with van der Waals surface area (Å²) < 4.78 is 1.82. The molecule has 0 saturated heterocycles. The van der Waals surface area contributed by atoms with Crippen molar-refractivity contribution in [3.8, 4) is 5.69 Å². The van der Waals surface area contributed by atoms with Crippen molar-refractivity contribution in [2.45, 2.75) is 20.3 Å². The largest absolute Gasteiger partial charge is 0.368 e. The fraction of sp³-hybridized carbons (Fsp3) is 0.217. The molecule has 0 saturated carbocycles. The summed E-state index contributed by atoms with van der Waals surface area (Å²) >= 11 is 6.09. The number of carbonyl (C=O) groups excluding carboxylic acids is 1. The van der Waals surface area contributed by atoms with Gasteiger partial charge in [-0.25, -0.2) is 14.6 Å². The number of aryl methyl sites for hydroxylation is 2. The number of halogens is 1. The molecular weight excluding hydrogens is 412 g/mol. The summed E-state index contributed by atoms with van der Waals surface area (Å²) in [5.41, 5.74) is 3.34. The molecule has 8 heteroatoms. The van der Waals surface area contributed by atoms with Gasteiger partial charge in [-0.1, -0.05) is 48.4 Å². The van der Waals surface area contributed by atoms with Crippen LogP contribution in [0.2, 0.25) is 5.02 Å². The summed E-state index contributed by atoms with van der Waals surface area (Å²) in [5, 5.41) is 12.0. The molecule has 0 aliphatic rings. The molecule has 0 spiro atoms. The van der Waals surface area contributed by atoms with Crippen LogP contribution < -0.4 is 10.6 Å². The standard InChI is InChI=1S/C23H23ClN6O/c1-3-20-28-21(25-12-13-26-23(31)17-6-4-5-7-19(17)24)18-14-27-30(22(18)29-20)16-10-8-15(2)9-11-16/h4-11,14H,3,12-13H2,1-2H3,(H,26,31)(H,25,28,29). The van der Waals surface area contributed by atoms with Crippen LogP contribution in [0.3, 0.4) is 0 Å². The first-order valence-electron chi connectivity index (χ1n) is 10.1. The van der Waals surface area contributed by atoms with Gasteiger partial charge in [0.1, 0.15) is 11.6 Å². The number of hydrogen-bond acceptors (Lipinski definition) is 5. The van der Waals surface area contributed by atoms with Crippen LogP contribution in [-0.4, -0.2) is 38.7 Å². The minimum absolute atomic E-state index is 0.207. The Hall–Kier alpha value is -3.45. The number of carbonyl (C=O) groups is 1. The summed E-state index contributed by atoms with van der Waals surface area (Å²) in [5.74, 6) is 1.22. The highest BCUT2D eigenvalue weighted by atomic mass is 35.5. The molecule has 0 bridgehead atoms. The second kappa shape index (κ2) is 9.14. The van der Waals surface area contributed by atoms with Gasteiger partial charge in [-0.3, -0.25) is 4.79 Å². The Morgan fingerprint density at radius 2 is 1.84 bits per heavy atom. The van der Waals surface area contributed by atoms with Crippen molar-refractivity contribution in [3.63, 3.8) is 0 Å². The van der Waals surface area contributed by atoms with E-state index in [9.17, 15) is 4.79 Å². The molecular formula is C23H23ClN6O. The molecule has 2 heterocycles. The van der Waals surface area contributed by atoms with Crippen LogP contribution in [0.1, 0.15) is 28.7 Å². The van der Waals surface area contributed by atoms with Crippen LogP contribution in [0.25, 0.3) is 16.7 Å². The van der Waals surface area contributed by atoms with Crippen molar-refractivity contribution in [2.24, 2.45) is 0 Å². The Bertz CT molecular complexity index is 1220. The van der Waals surface area contributed by atoms with Crippen LogP contribution in [0, 0.1) is 6.92 Å². The molecule has 0 aliphatic carbocycles. The first kappa shape index (κ1) is 20.8. The molecule has 4 rings (SSSR count). The number of aromatic nitrogens is 4. The van der Waals surface area contributed by atoms with Crippen molar-refractivity contribution in [2.75, 3.05) is 18.4 Å². The number of benzene rings is 2. The van der Waals surface area contributed by atoms with Crippen LogP contribution in [0.5, 0.6) is 0 Å². The van der Waals surface area contributed by atoms with Crippen molar-refractivity contribution in [3.05, 3.63) is 76.7 Å². The molecule has 1 amide bonds. The zero-order chi connectivity index (χ0) is 21.8. The molecule has 0 atom stereocenters. The molecule has 2 aromatic carbocycles. The third kappa shape index (κ3) is 4.51. The molecule has 2 N–H and O–H groups in total. The molecule has 7 nitrogen and oxygen atoms in total. The molecule has 0 aliphatic heterocycles. The maximum absolute atomic E-state index is 12.3. The van der Waals surface area contributed by atoms with Gasteiger partial charge in [0.15, 0.2) is 5.65 Å². The van der Waals surface area contributed by atoms with E-state index in [1.165, 1.54) is 5.56 Å². The summed E-state index contributed by atoms with van der Waals surface area (Å²) in [6.07, 6.45) is 2.46. The van der Waals surface area contributed by atoms with Gasteiger partial charge in [-0.15, -0.1) is 0 Å². The number of amides is 1. The topological polar surface area (TPSA) is 84.7 Å². The Kier molecular flexibility index (Phi) is 6.13. The fourth-order valence-corrected chi connectivity index (χ4v) is 3.44. The number of rotatable bonds is 7. The van der Waals surface area contributed by atoms with Gasteiger partial charge < -0.3 is 10.6 Å². The Balaban J connectivity index is 1.50. The van der Waals surface area contributed by atoms with E-state index in [4.69, 9.17) is 11.6 Å². The second-order valence-corrected chi connectivity index (χ2v) is 7.54. The fourth-order valence-electron chi connectivity index (χ4n) is 3.22. The Morgan fingerprint density at radius 1 is 1.06 bits per heavy atom. The third-order valence-electron chi connectivity index (χ3n) is 4.89. The number of nitrogens with one attached hydrogen (secondary N) is 2. The van der Waals surface area contributed by atoms with E-state index in [1.807, 2.05) is 35.9 Å². The highest BCUT2D eigenvalue weighted by Gasteiger charge is 2.14. The number of hydrogen-bond donors (Lipinski definition) is 2. The maximum Gasteiger partial charge on any atom is 0.252 e. The van der Waals surface area contributed by atoms with Crippen LogP contribution in [-0.2, 0) is 6.42 Å². The molecule has 0 radical (unpaired) electrons. The van der Waals surface area contributed by atoms with E-state index in [1.54, 1.807) is 30.5 Å². The minimum atomic E-state index is -0.207. The van der Waals surface area contributed by atoms with Crippen LogP contribution in [0.15, 0.2) is 54.7 Å². The van der Waals surface area contributed by atoms with Gasteiger partial charge in [-0.2, -0.15) is 5.10 Å². The quantitative estimate of drug-likeness (QED) is 0.426. The molecule has 158 valence electrons. The van der Waals surface area contributed by atoms with E-state index < -0.39 is 0 Å². The SMILES string of the molecule is CCc1nc(NCCNC(=O)c2ccccc2Cl)c2cnn(-c3ccc(C)cc3)c2n1. The average molecular weight is 435 g/mol. The highest BCUT2D eigenvalue weighted by Crippen LogP contribution is 2.23. The lowest BCUT2D eigenvalue weighted by Gasteiger charge is -2.10. The molecule has 0 fully saturated rings. The zero-order valence-electron chi connectivity index (χ0n) is 17.4. The molecule has 2 aromatic heterocycles. The Labute approximate surface area is 185 Å². The van der Waals surface area contributed by atoms with Gasteiger partial charge in [0, 0.05) is 19.5 Å². The van der Waals surface area contributed by atoms with E-state index in [0.29, 0.717) is 35.9 Å². The lowest BCUT2D eigenvalue weighted by atomic mass is 10.2. The number of fused-ring (bicyclic) bond motifs is 1. The van der Waals surface area contributed by atoms with Crippen LogP contribution in [0.4, 0.5) is 5.82 Å². The van der Waals surface area contributed by atoms with Gasteiger partial charge in [0.25, 0.3) is 5.91 Å².